The van der Waals surface area contributed by atoms with E-state index in [1.165, 1.54) is 16.7 Å². The number of benzene rings is 6. The van der Waals surface area contributed by atoms with Gasteiger partial charge >= 0.3 is 7.44 Å². The Bertz CT molecular complexity index is 2080. The van der Waals surface area contributed by atoms with Gasteiger partial charge in [0.15, 0.2) is 0 Å². The molecule has 0 fully saturated rings. The predicted octanol–water partition coefficient (Wildman–Crippen LogP) is 10.7. The summed E-state index contributed by atoms with van der Waals surface area (Å²) in [6, 6.07) is 46.0. The highest BCUT2D eigenvalue weighted by atomic mass is 79.9. The maximum atomic E-state index is 16.4. The molecular weight excluding hydrogens is 599 g/mol. The van der Waals surface area contributed by atoms with Crippen LogP contribution in [0, 0.1) is 0 Å². The van der Waals surface area contributed by atoms with E-state index < -0.39 is 7.44 Å². The first-order valence-electron chi connectivity index (χ1n) is 14.2. The SMILES string of the molecule is CC1(C)c2ccccc2-c2c(N3c4ccc(Br)cc4N(c4cccc5ccccc45)P3(=O)c3ccccc3)cccc21. The van der Waals surface area contributed by atoms with Crippen LogP contribution < -0.4 is 14.6 Å². The summed E-state index contributed by atoms with van der Waals surface area (Å²) in [5, 5.41) is 2.96. The second-order valence-electron chi connectivity index (χ2n) is 11.5. The first kappa shape index (κ1) is 25.6. The van der Waals surface area contributed by atoms with Gasteiger partial charge < -0.3 is 0 Å². The Kier molecular flexibility index (Phi) is 5.60. The van der Waals surface area contributed by atoms with Gasteiger partial charge in [-0.15, -0.1) is 0 Å². The van der Waals surface area contributed by atoms with Gasteiger partial charge in [0.2, 0.25) is 0 Å². The van der Waals surface area contributed by atoms with E-state index in [-0.39, 0.29) is 5.41 Å². The highest BCUT2D eigenvalue weighted by molar-refractivity contribution is 9.10. The summed E-state index contributed by atoms with van der Waals surface area (Å²) in [7, 11) is -3.53. The van der Waals surface area contributed by atoms with E-state index in [1.54, 1.807) is 0 Å². The quantitative estimate of drug-likeness (QED) is 0.183. The smallest absolute Gasteiger partial charge is 0.269 e. The third-order valence-electron chi connectivity index (χ3n) is 8.84. The lowest BCUT2D eigenvalue weighted by Crippen LogP contribution is -2.27. The summed E-state index contributed by atoms with van der Waals surface area (Å²) < 4.78 is 21.6. The minimum atomic E-state index is -3.53. The van der Waals surface area contributed by atoms with Crippen molar-refractivity contribution < 1.29 is 4.57 Å². The Morgan fingerprint density at radius 2 is 1.24 bits per heavy atom. The number of anilines is 4. The Balaban J connectivity index is 1.50. The highest BCUT2D eigenvalue weighted by Crippen LogP contribution is 2.72. The zero-order valence-electron chi connectivity index (χ0n) is 23.3. The van der Waals surface area contributed by atoms with Crippen LogP contribution in [0.15, 0.2) is 138 Å². The largest absolute Gasteiger partial charge is 0.301 e. The monoisotopic (exact) mass is 626 g/mol. The summed E-state index contributed by atoms with van der Waals surface area (Å²) in [6.45, 7) is 4.57. The second kappa shape index (κ2) is 9.19. The fourth-order valence-electron chi connectivity index (χ4n) is 6.94. The third kappa shape index (κ3) is 3.43. The molecule has 1 heterocycles. The van der Waals surface area contributed by atoms with Gasteiger partial charge in [0.05, 0.1) is 28.1 Å². The average molecular weight is 628 g/mol. The summed E-state index contributed by atoms with van der Waals surface area (Å²) in [5.41, 5.74) is 8.46. The maximum absolute atomic E-state index is 16.4. The van der Waals surface area contributed by atoms with Gasteiger partial charge in [-0.1, -0.05) is 121 Å². The summed E-state index contributed by atoms with van der Waals surface area (Å²) in [4.78, 5) is 0. The van der Waals surface area contributed by atoms with Gasteiger partial charge in [0.1, 0.15) is 0 Å². The van der Waals surface area contributed by atoms with Crippen molar-refractivity contribution in [3.8, 4) is 11.1 Å². The van der Waals surface area contributed by atoms with Gasteiger partial charge in [-0.25, -0.2) is 0 Å². The van der Waals surface area contributed by atoms with Gasteiger partial charge in [0, 0.05) is 20.8 Å². The molecule has 0 radical (unpaired) electrons. The lowest BCUT2D eigenvalue weighted by atomic mass is 9.82. The van der Waals surface area contributed by atoms with Gasteiger partial charge in [-0.3, -0.25) is 13.9 Å². The summed E-state index contributed by atoms with van der Waals surface area (Å²) in [6.07, 6.45) is 0. The van der Waals surface area contributed by atoms with Gasteiger partial charge in [0.25, 0.3) is 0 Å². The minimum Gasteiger partial charge on any atom is -0.269 e. The number of halogens is 1. The van der Waals surface area contributed by atoms with Crippen LogP contribution in [0.2, 0.25) is 0 Å². The highest BCUT2D eigenvalue weighted by Gasteiger charge is 2.51. The second-order valence-corrected chi connectivity index (χ2v) is 14.8. The molecule has 2 aliphatic rings. The van der Waals surface area contributed by atoms with E-state index in [4.69, 9.17) is 0 Å². The van der Waals surface area contributed by atoms with E-state index in [0.717, 1.165) is 48.9 Å². The number of hydrogen-bond donors (Lipinski definition) is 0. The Morgan fingerprint density at radius 3 is 2.10 bits per heavy atom. The molecule has 8 rings (SSSR count). The standard InChI is InChI=1S/C37H28BrN2OP/c1-37(2)30-18-9-8-17-29(30)36-31(37)19-11-21-34(36)40-33-23-22-26(38)24-35(33)39(42(40,41)27-14-4-3-5-15-27)32-20-10-13-25-12-6-7-16-28(25)32/h3-24H,1-2H3. The molecule has 1 unspecified atom stereocenters. The number of fused-ring (bicyclic) bond motifs is 5. The van der Waals surface area contributed by atoms with Crippen LogP contribution in [0.25, 0.3) is 21.9 Å². The van der Waals surface area contributed by atoms with Crippen molar-refractivity contribution in [3.05, 3.63) is 149 Å². The topological polar surface area (TPSA) is 23.6 Å². The number of nitrogens with zero attached hydrogens (tertiary/aromatic N) is 2. The molecule has 1 aliphatic heterocycles. The van der Waals surface area contributed by atoms with E-state index in [1.807, 2.05) is 30.3 Å². The van der Waals surface area contributed by atoms with Gasteiger partial charge in [-0.05, 0) is 64.5 Å². The predicted molar refractivity (Wildman–Crippen MR) is 180 cm³/mol. The van der Waals surface area contributed by atoms with Crippen molar-refractivity contribution in [1.29, 1.82) is 0 Å². The van der Waals surface area contributed by atoms with E-state index in [0.29, 0.717) is 0 Å². The summed E-state index contributed by atoms with van der Waals surface area (Å²) >= 11 is 3.74. The normalized spacial score (nSPS) is 18.2. The number of rotatable bonds is 3. The molecule has 0 N–H and O–H groups in total. The molecule has 0 bridgehead atoms. The van der Waals surface area contributed by atoms with Crippen molar-refractivity contribution in [2.45, 2.75) is 19.3 Å². The van der Waals surface area contributed by atoms with Crippen LogP contribution in [0.3, 0.4) is 0 Å². The molecule has 0 spiro atoms. The average Bonchev–Trinajstić information content (AvgIpc) is 3.42. The molecule has 0 aromatic heterocycles. The van der Waals surface area contributed by atoms with Crippen LogP contribution in [0.1, 0.15) is 25.0 Å². The van der Waals surface area contributed by atoms with Crippen LogP contribution in [-0.2, 0) is 9.98 Å². The zero-order valence-corrected chi connectivity index (χ0v) is 25.8. The molecule has 1 aliphatic carbocycles. The Morgan fingerprint density at radius 1 is 0.595 bits per heavy atom. The van der Waals surface area contributed by atoms with Crippen LogP contribution in [-0.4, -0.2) is 0 Å². The van der Waals surface area contributed by atoms with Gasteiger partial charge in [-0.2, -0.15) is 0 Å². The molecule has 3 nitrogen and oxygen atoms in total. The van der Waals surface area contributed by atoms with Crippen molar-refractivity contribution in [3.63, 3.8) is 0 Å². The molecule has 0 amide bonds. The fourth-order valence-corrected chi connectivity index (χ4v) is 10.3. The molecular formula is C37H28BrN2OP. The van der Waals surface area contributed by atoms with Crippen LogP contribution in [0.4, 0.5) is 22.7 Å². The first-order valence-corrected chi connectivity index (χ1v) is 16.6. The van der Waals surface area contributed by atoms with E-state index in [2.05, 4.69) is 142 Å². The van der Waals surface area contributed by atoms with Crippen molar-refractivity contribution in [2.24, 2.45) is 0 Å². The Labute approximate surface area is 254 Å². The molecule has 6 aromatic rings. The van der Waals surface area contributed by atoms with Crippen molar-refractivity contribution in [1.82, 2.24) is 0 Å². The Hall–Kier alpha value is -4.11. The van der Waals surface area contributed by atoms with Crippen molar-refractivity contribution >= 4 is 62.2 Å². The summed E-state index contributed by atoms with van der Waals surface area (Å²) in [5.74, 6) is 0. The van der Waals surface area contributed by atoms with Crippen LogP contribution in [0.5, 0.6) is 0 Å². The molecule has 204 valence electrons. The molecule has 42 heavy (non-hydrogen) atoms. The fraction of sp³-hybridized carbons (Fsp3) is 0.0811. The minimum absolute atomic E-state index is 0.170. The first-order chi connectivity index (χ1) is 20.4. The molecule has 0 saturated heterocycles. The molecule has 0 saturated carbocycles. The van der Waals surface area contributed by atoms with Crippen molar-refractivity contribution in [2.75, 3.05) is 9.34 Å². The molecule has 6 aromatic carbocycles. The van der Waals surface area contributed by atoms with E-state index >= 15 is 4.57 Å². The number of hydrogen-bond acceptors (Lipinski definition) is 1. The van der Waals surface area contributed by atoms with E-state index in [9.17, 15) is 0 Å². The third-order valence-corrected chi connectivity index (χ3v) is 12.2. The zero-order chi connectivity index (χ0) is 28.6. The molecule has 1 atom stereocenters. The van der Waals surface area contributed by atoms with Crippen LogP contribution >= 0.6 is 23.4 Å². The maximum Gasteiger partial charge on any atom is 0.301 e. The lowest BCUT2D eigenvalue weighted by molar-refractivity contribution is 0.582. The lowest BCUT2D eigenvalue weighted by Gasteiger charge is -2.35. The molecule has 5 heteroatoms.